The van der Waals surface area contributed by atoms with Crippen LogP contribution in [0.3, 0.4) is 0 Å². The summed E-state index contributed by atoms with van der Waals surface area (Å²) in [6, 6.07) is 2.12. The molecule has 1 saturated heterocycles. The molecule has 2 aromatic heterocycles. The third kappa shape index (κ3) is 2.98. The van der Waals surface area contributed by atoms with Crippen molar-refractivity contribution < 1.29 is 0 Å². The second kappa shape index (κ2) is 6.18. The van der Waals surface area contributed by atoms with Gasteiger partial charge in [-0.1, -0.05) is 0 Å². The molecule has 0 bridgehead atoms. The number of aryl methyl sites for hydroxylation is 2. The van der Waals surface area contributed by atoms with Crippen molar-refractivity contribution in [2.75, 3.05) is 30.0 Å². The summed E-state index contributed by atoms with van der Waals surface area (Å²) < 4.78 is 0. The maximum absolute atomic E-state index is 4.56. The number of hydrogen-bond acceptors (Lipinski definition) is 5. The zero-order chi connectivity index (χ0) is 14.8. The second-order valence-corrected chi connectivity index (χ2v) is 6.77. The largest absolute Gasteiger partial charge is 0.356 e. The Balaban J connectivity index is 1.91. The fourth-order valence-corrected chi connectivity index (χ4v) is 3.98. The summed E-state index contributed by atoms with van der Waals surface area (Å²) in [6.45, 7) is 6.32. The van der Waals surface area contributed by atoms with E-state index in [1.165, 1.54) is 24.2 Å². The summed E-state index contributed by atoms with van der Waals surface area (Å²) in [4.78, 5) is 15.9. The van der Waals surface area contributed by atoms with Gasteiger partial charge in [0.15, 0.2) is 5.65 Å². The van der Waals surface area contributed by atoms with Crippen molar-refractivity contribution in [3.63, 3.8) is 0 Å². The van der Waals surface area contributed by atoms with Crippen molar-refractivity contribution in [2.24, 2.45) is 5.92 Å². The zero-order valence-corrected chi connectivity index (χ0v) is 13.8. The van der Waals surface area contributed by atoms with E-state index < -0.39 is 0 Å². The number of aromatic nitrogens is 3. The highest BCUT2D eigenvalue weighted by Gasteiger charge is 2.22. The number of anilines is 1. The molecule has 0 spiro atoms. The molecule has 0 N–H and O–H groups in total. The van der Waals surface area contributed by atoms with E-state index in [0.29, 0.717) is 0 Å². The minimum absolute atomic E-state index is 0.823. The van der Waals surface area contributed by atoms with Crippen LogP contribution >= 0.6 is 11.8 Å². The molecule has 1 aliphatic heterocycles. The van der Waals surface area contributed by atoms with Gasteiger partial charge >= 0.3 is 0 Å². The number of fused-ring (bicyclic) bond motifs is 1. The molecule has 4 nitrogen and oxygen atoms in total. The summed E-state index contributed by atoms with van der Waals surface area (Å²) in [5.41, 5.74) is 3.06. The normalized spacial score (nSPS) is 16.6. The van der Waals surface area contributed by atoms with Crippen molar-refractivity contribution >= 4 is 28.6 Å². The van der Waals surface area contributed by atoms with Gasteiger partial charge in [0.25, 0.3) is 0 Å². The summed E-state index contributed by atoms with van der Waals surface area (Å²) in [7, 11) is 0. The summed E-state index contributed by atoms with van der Waals surface area (Å²) in [6.07, 6.45) is 6.36. The van der Waals surface area contributed by atoms with Crippen LogP contribution in [0.4, 0.5) is 5.82 Å². The monoisotopic (exact) mass is 302 g/mol. The predicted molar refractivity (Wildman–Crippen MR) is 90.1 cm³/mol. The maximum Gasteiger partial charge on any atom is 0.165 e. The summed E-state index contributed by atoms with van der Waals surface area (Å²) in [5, 5.41) is 1.12. The van der Waals surface area contributed by atoms with Crippen molar-refractivity contribution in [1.82, 2.24) is 15.0 Å². The zero-order valence-electron chi connectivity index (χ0n) is 13.0. The first kappa shape index (κ1) is 14.6. The lowest BCUT2D eigenvalue weighted by molar-refractivity contribution is 0.444. The number of pyridine rings is 1. The lowest BCUT2D eigenvalue weighted by Crippen LogP contribution is -2.35. The summed E-state index contributed by atoms with van der Waals surface area (Å²) >= 11 is 1.96. The molecule has 0 radical (unpaired) electrons. The van der Waals surface area contributed by atoms with E-state index >= 15 is 0 Å². The second-order valence-electron chi connectivity index (χ2n) is 5.86. The topological polar surface area (TPSA) is 41.9 Å². The van der Waals surface area contributed by atoms with Gasteiger partial charge in [0, 0.05) is 18.8 Å². The van der Waals surface area contributed by atoms with Crippen LogP contribution in [0.1, 0.15) is 24.1 Å². The average Bonchev–Trinajstić information content (AvgIpc) is 2.47. The fourth-order valence-electron chi connectivity index (χ4n) is 3.18. The Labute approximate surface area is 130 Å². The quantitative estimate of drug-likeness (QED) is 0.871. The molecule has 1 fully saturated rings. The average molecular weight is 302 g/mol. The lowest BCUT2D eigenvalue weighted by Gasteiger charge is -2.33. The molecule has 5 heteroatoms. The molecule has 112 valence electrons. The third-order valence-electron chi connectivity index (χ3n) is 4.23. The highest BCUT2D eigenvalue weighted by atomic mass is 32.2. The lowest BCUT2D eigenvalue weighted by atomic mass is 9.98. The van der Waals surface area contributed by atoms with Gasteiger partial charge in [-0.25, -0.2) is 15.0 Å². The first-order chi connectivity index (χ1) is 10.2. The number of thioether (sulfide) groups is 1. The molecule has 0 aliphatic carbocycles. The van der Waals surface area contributed by atoms with Crippen LogP contribution in [0.2, 0.25) is 0 Å². The highest BCUT2D eigenvalue weighted by molar-refractivity contribution is 7.98. The van der Waals surface area contributed by atoms with Gasteiger partial charge in [-0.2, -0.15) is 11.8 Å². The molecule has 21 heavy (non-hydrogen) atoms. The molecule has 0 aromatic carbocycles. The van der Waals surface area contributed by atoms with E-state index in [9.17, 15) is 0 Å². The Morgan fingerprint density at radius 3 is 2.71 bits per heavy atom. The standard InChI is InChI=1S/C16H22N4S/c1-11-8-12(2)19-15-14(11)16(18-10-17-15)20-6-4-13(5-7-20)9-21-3/h8,10,13H,4-7,9H2,1-3H3. The predicted octanol–water partition coefficient (Wildman–Crippen LogP) is 3.22. The molecule has 1 aliphatic rings. The maximum atomic E-state index is 4.56. The fraction of sp³-hybridized carbons (Fsp3) is 0.562. The molecule has 0 unspecified atom stereocenters. The van der Waals surface area contributed by atoms with Crippen LogP contribution in [-0.2, 0) is 0 Å². The van der Waals surface area contributed by atoms with Gasteiger partial charge in [0.1, 0.15) is 12.1 Å². The van der Waals surface area contributed by atoms with Gasteiger partial charge in [0.2, 0.25) is 0 Å². The first-order valence-corrected chi connectivity index (χ1v) is 8.91. The Bertz CT molecular complexity index is 635. The van der Waals surface area contributed by atoms with Crippen LogP contribution in [0, 0.1) is 19.8 Å². The van der Waals surface area contributed by atoms with E-state index in [4.69, 9.17) is 0 Å². The summed E-state index contributed by atoms with van der Waals surface area (Å²) in [5.74, 6) is 3.19. The van der Waals surface area contributed by atoms with E-state index in [1.54, 1.807) is 6.33 Å². The first-order valence-electron chi connectivity index (χ1n) is 7.52. The van der Waals surface area contributed by atoms with Gasteiger partial charge in [-0.15, -0.1) is 0 Å². The Morgan fingerprint density at radius 1 is 1.24 bits per heavy atom. The molecule has 0 saturated carbocycles. The molecule has 0 amide bonds. The van der Waals surface area contributed by atoms with Crippen LogP contribution in [0.15, 0.2) is 12.4 Å². The SMILES string of the molecule is CSCC1CCN(c2ncnc3nc(C)cc(C)c23)CC1. The van der Waals surface area contributed by atoms with Gasteiger partial charge < -0.3 is 4.90 Å². The Kier molecular flexibility index (Phi) is 4.29. The minimum atomic E-state index is 0.823. The number of nitrogens with zero attached hydrogens (tertiary/aromatic N) is 4. The van der Waals surface area contributed by atoms with Crippen LogP contribution in [0.5, 0.6) is 0 Å². The van der Waals surface area contributed by atoms with Crippen molar-refractivity contribution in [3.05, 3.63) is 23.7 Å². The number of rotatable bonds is 3. The Morgan fingerprint density at radius 2 is 2.00 bits per heavy atom. The number of hydrogen-bond donors (Lipinski definition) is 0. The smallest absolute Gasteiger partial charge is 0.165 e. The molecular weight excluding hydrogens is 280 g/mol. The molecule has 2 aromatic rings. The molecule has 0 atom stereocenters. The van der Waals surface area contributed by atoms with Crippen molar-refractivity contribution in [2.45, 2.75) is 26.7 Å². The van der Waals surface area contributed by atoms with Gasteiger partial charge in [0.05, 0.1) is 5.39 Å². The van der Waals surface area contributed by atoms with Crippen LogP contribution in [-0.4, -0.2) is 40.1 Å². The van der Waals surface area contributed by atoms with Crippen LogP contribution in [0.25, 0.3) is 11.0 Å². The van der Waals surface area contributed by atoms with E-state index in [1.807, 2.05) is 18.7 Å². The van der Waals surface area contributed by atoms with E-state index in [0.717, 1.165) is 41.6 Å². The van der Waals surface area contributed by atoms with E-state index in [-0.39, 0.29) is 0 Å². The molecular formula is C16H22N4S. The van der Waals surface area contributed by atoms with Gasteiger partial charge in [-0.05, 0) is 56.2 Å². The van der Waals surface area contributed by atoms with Crippen molar-refractivity contribution in [1.29, 1.82) is 0 Å². The minimum Gasteiger partial charge on any atom is -0.356 e. The number of piperidine rings is 1. The van der Waals surface area contributed by atoms with Gasteiger partial charge in [-0.3, -0.25) is 0 Å². The van der Waals surface area contributed by atoms with Crippen LogP contribution < -0.4 is 4.90 Å². The molecule has 3 heterocycles. The van der Waals surface area contributed by atoms with E-state index in [2.05, 4.69) is 39.1 Å². The Hall–Kier alpha value is -1.36. The molecule has 3 rings (SSSR count). The highest BCUT2D eigenvalue weighted by Crippen LogP contribution is 2.29. The van der Waals surface area contributed by atoms with Crippen molar-refractivity contribution in [3.8, 4) is 0 Å². The third-order valence-corrected chi connectivity index (χ3v) is 5.03.